The summed E-state index contributed by atoms with van der Waals surface area (Å²) in [6.45, 7) is 12.3. The smallest absolute Gasteiger partial charge is 0.119 e. The second-order valence-electron chi connectivity index (χ2n) is 6.62. The fraction of sp³-hybridized carbons (Fsp3) is 0.684. The van der Waals surface area contributed by atoms with Crippen molar-refractivity contribution in [2.75, 3.05) is 6.54 Å². The van der Waals surface area contributed by atoms with Gasteiger partial charge in [0.15, 0.2) is 0 Å². The standard InChI is InChI=1S/C19H31NO/c1-6-19(7-2)17(20-8-3)13-18(19)21-16-11-9-15(10-12-16)14(4)5/h9-12,14,17-18,20H,6-8,13H2,1-5H3. The molecule has 0 saturated heterocycles. The van der Waals surface area contributed by atoms with E-state index in [9.17, 15) is 0 Å². The highest BCUT2D eigenvalue weighted by Gasteiger charge is 2.53. The van der Waals surface area contributed by atoms with Gasteiger partial charge in [0.25, 0.3) is 0 Å². The van der Waals surface area contributed by atoms with Gasteiger partial charge in [-0.15, -0.1) is 0 Å². The molecule has 2 nitrogen and oxygen atoms in total. The lowest BCUT2D eigenvalue weighted by Crippen LogP contribution is -2.64. The number of nitrogens with one attached hydrogen (secondary N) is 1. The molecule has 1 aromatic carbocycles. The van der Waals surface area contributed by atoms with Crippen molar-refractivity contribution in [3.05, 3.63) is 29.8 Å². The summed E-state index contributed by atoms with van der Waals surface area (Å²) in [4.78, 5) is 0. The topological polar surface area (TPSA) is 21.3 Å². The van der Waals surface area contributed by atoms with Gasteiger partial charge in [-0.05, 0) is 43.0 Å². The molecule has 1 N–H and O–H groups in total. The zero-order valence-electron chi connectivity index (χ0n) is 14.3. The van der Waals surface area contributed by atoms with Crippen LogP contribution in [0, 0.1) is 5.41 Å². The molecule has 1 aliphatic rings. The van der Waals surface area contributed by atoms with E-state index in [0.717, 1.165) is 18.7 Å². The molecular weight excluding hydrogens is 258 g/mol. The van der Waals surface area contributed by atoms with Crippen molar-refractivity contribution in [1.29, 1.82) is 0 Å². The zero-order valence-corrected chi connectivity index (χ0v) is 14.3. The Morgan fingerprint density at radius 2 is 1.76 bits per heavy atom. The zero-order chi connectivity index (χ0) is 15.5. The summed E-state index contributed by atoms with van der Waals surface area (Å²) < 4.78 is 6.32. The largest absolute Gasteiger partial charge is 0.490 e. The van der Waals surface area contributed by atoms with Crippen LogP contribution in [-0.2, 0) is 0 Å². The predicted molar refractivity (Wildman–Crippen MR) is 90.0 cm³/mol. The lowest BCUT2D eigenvalue weighted by molar-refractivity contribution is -0.0854. The van der Waals surface area contributed by atoms with Gasteiger partial charge in [0, 0.05) is 17.9 Å². The summed E-state index contributed by atoms with van der Waals surface area (Å²) in [5.74, 6) is 1.59. The minimum Gasteiger partial charge on any atom is -0.490 e. The van der Waals surface area contributed by atoms with E-state index in [1.807, 2.05) is 0 Å². The molecule has 118 valence electrons. The molecule has 1 aromatic rings. The van der Waals surface area contributed by atoms with Gasteiger partial charge in [0.2, 0.25) is 0 Å². The van der Waals surface area contributed by atoms with Crippen LogP contribution in [0.5, 0.6) is 5.75 Å². The van der Waals surface area contributed by atoms with Crippen LogP contribution in [0.4, 0.5) is 0 Å². The van der Waals surface area contributed by atoms with Crippen molar-refractivity contribution < 1.29 is 4.74 Å². The quantitative estimate of drug-likeness (QED) is 0.782. The number of benzene rings is 1. The Bertz CT molecular complexity index is 433. The van der Waals surface area contributed by atoms with E-state index in [0.29, 0.717) is 23.5 Å². The lowest BCUT2D eigenvalue weighted by atomic mass is 9.58. The third kappa shape index (κ3) is 3.11. The lowest BCUT2D eigenvalue weighted by Gasteiger charge is -2.55. The molecule has 0 aromatic heterocycles. The Balaban J connectivity index is 2.05. The van der Waals surface area contributed by atoms with Gasteiger partial charge >= 0.3 is 0 Å². The molecule has 21 heavy (non-hydrogen) atoms. The molecule has 0 aliphatic heterocycles. The van der Waals surface area contributed by atoms with Gasteiger partial charge in [0.1, 0.15) is 11.9 Å². The minimum atomic E-state index is 0.298. The number of hydrogen-bond acceptors (Lipinski definition) is 2. The molecule has 1 fully saturated rings. The first-order valence-corrected chi connectivity index (χ1v) is 8.57. The highest BCUT2D eigenvalue weighted by molar-refractivity contribution is 5.29. The van der Waals surface area contributed by atoms with E-state index in [4.69, 9.17) is 4.74 Å². The van der Waals surface area contributed by atoms with Crippen molar-refractivity contribution in [2.24, 2.45) is 5.41 Å². The summed E-state index contributed by atoms with van der Waals surface area (Å²) in [6.07, 6.45) is 3.83. The van der Waals surface area contributed by atoms with Crippen LogP contribution >= 0.6 is 0 Å². The van der Waals surface area contributed by atoms with Crippen LogP contribution in [0.3, 0.4) is 0 Å². The summed E-state index contributed by atoms with van der Waals surface area (Å²) >= 11 is 0. The maximum atomic E-state index is 6.32. The van der Waals surface area contributed by atoms with Crippen molar-refractivity contribution in [3.8, 4) is 5.75 Å². The summed E-state index contributed by atoms with van der Waals surface area (Å²) in [6, 6.07) is 9.26. The van der Waals surface area contributed by atoms with Gasteiger partial charge in [-0.2, -0.15) is 0 Å². The molecule has 2 unspecified atom stereocenters. The SMILES string of the molecule is CCNC1CC(Oc2ccc(C(C)C)cc2)C1(CC)CC. The molecular formula is C19H31NO. The maximum absolute atomic E-state index is 6.32. The average Bonchev–Trinajstić information content (AvgIpc) is 2.48. The van der Waals surface area contributed by atoms with Crippen LogP contribution in [0.1, 0.15) is 65.4 Å². The molecule has 0 radical (unpaired) electrons. The summed E-state index contributed by atoms with van der Waals surface area (Å²) in [5.41, 5.74) is 1.67. The second-order valence-corrected chi connectivity index (χ2v) is 6.62. The third-order valence-corrected chi connectivity index (χ3v) is 5.38. The van der Waals surface area contributed by atoms with Crippen molar-refractivity contribution in [3.63, 3.8) is 0 Å². The minimum absolute atomic E-state index is 0.298. The fourth-order valence-electron chi connectivity index (χ4n) is 3.74. The van der Waals surface area contributed by atoms with Crippen LogP contribution in [0.2, 0.25) is 0 Å². The molecule has 0 bridgehead atoms. The van der Waals surface area contributed by atoms with E-state index in [-0.39, 0.29) is 0 Å². The van der Waals surface area contributed by atoms with E-state index >= 15 is 0 Å². The summed E-state index contributed by atoms with van der Waals surface area (Å²) in [5, 5.41) is 3.63. The van der Waals surface area contributed by atoms with Gasteiger partial charge < -0.3 is 10.1 Å². The van der Waals surface area contributed by atoms with E-state index < -0.39 is 0 Å². The van der Waals surface area contributed by atoms with Crippen LogP contribution < -0.4 is 10.1 Å². The molecule has 0 spiro atoms. The Morgan fingerprint density at radius 1 is 1.14 bits per heavy atom. The normalized spacial score (nSPS) is 23.9. The number of rotatable bonds is 7. The van der Waals surface area contributed by atoms with Crippen molar-refractivity contribution in [2.45, 2.75) is 71.9 Å². The molecule has 2 rings (SSSR count). The van der Waals surface area contributed by atoms with Crippen molar-refractivity contribution in [1.82, 2.24) is 5.32 Å². The predicted octanol–water partition coefficient (Wildman–Crippen LogP) is 4.75. The fourth-order valence-corrected chi connectivity index (χ4v) is 3.74. The highest BCUT2D eigenvalue weighted by atomic mass is 16.5. The van der Waals surface area contributed by atoms with Crippen LogP contribution in [0.25, 0.3) is 0 Å². The number of hydrogen-bond donors (Lipinski definition) is 1. The molecule has 1 saturated carbocycles. The average molecular weight is 289 g/mol. The van der Waals surface area contributed by atoms with E-state index in [2.05, 4.69) is 64.2 Å². The number of ether oxygens (including phenoxy) is 1. The maximum Gasteiger partial charge on any atom is 0.119 e. The Labute approximate surface area is 130 Å². The van der Waals surface area contributed by atoms with Crippen molar-refractivity contribution >= 4 is 0 Å². The molecule has 2 atom stereocenters. The molecule has 1 aliphatic carbocycles. The van der Waals surface area contributed by atoms with Crippen LogP contribution in [0.15, 0.2) is 24.3 Å². The van der Waals surface area contributed by atoms with Gasteiger partial charge in [-0.3, -0.25) is 0 Å². The van der Waals surface area contributed by atoms with E-state index in [1.165, 1.54) is 18.4 Å². The van der Waals surface area contributed by atoms with E-state index in [1.54, 1.807) is 0 Å². The van der Waals surface area contributed by atoms with Gasteiger partial charge in [-0.1, -0.05) is 46.8 Å². The van der Waals surface area contributed by atoms with Crippen LogP contribution in [-0.4, -0.2) is 18.7 Å². The van der Waals surface area contributed by atoms with Gasteiger partial charge in [-0.25, -0.2) is 0 Å². The second kappa shape index (κ2) is 6.83. The molecule has 0 heterocycles. The third-order valence-electron chi connectivity index (χ3n) is 5.38. The monoisotopic (exact) mass is 289 g/mol. The Hall–Kier alpha value is -1.02. The molecule has 0 amide bonds. The molecule has 2 heteroatoms. The Morgan fingerprint density at radius 3 is 2.24 bits per heavy atom. The summed E-state index contributed by atoms with van der Waals surface area (Å²) in [7, 11) is 0. The van der Waals surface area contributed by atoms with Gasteiger partial charge in [0.05, 0.1) is 0 Å². The Kier molecular flexibility index (Phi) is 5.32. The highest BCUT2D eigenvalue weighted by Crippen LogP contribution is 2.49. The first kappa shape index (κ1) is 16.4. The first-order valence-electron chi connectivity index (χ1n) is 8.57. The first-order chi connectivity index (χ1) is 10.1.